The van der Waals surface area contributed by atoms with Crippen molar-refractivity contribution in [1.29, 1.82) is 0 Å². The summed E-state index contributed by atoms with van der Waals surface area (Å²) in [4.78, 5) is 29.0. The molecule has 6 rings (SSSR count). The van der Waals surface area contributed by atoms with Crippen LogP contribution in [0, 0.1) is 17.0 Å². The number of rotatable bonds is 7. The van der Waals surface area contributed by atoms with Crippen LogP contribution in [0.25, 0.3) is 10.2 Å². The van der Waals surface area contributed by atoms with Crippen molar-refractivity contribution in [1.82, 2.24) is 9.29 Å². The van der Waals surface area contributed by atoms with E-state index in [9.17, 15) is 23.3 Å². The predicted octanol–water partition coefficient (Wildman–Crippen LogP) is 5.94. The third-order valence-corrected chi connectivity index (χ3v) is 10.0. The van der Waals surface area contributed by atoms with E-state index in [1.807, 2.05) is 49.4 Å². The molecule has 0 aliphatic carbocycles. The number of aromatic nitrogens is 1. The largest absolute Gasteiger partial charge is 0.280 e. The number of nitro groups is 1. The molecule has 1 aliphatic heterocycles. The lowest BCUT2D eigenvalue weighted by Gasteiger charge is -2.28. The number of carbonyl (C=O) groups is 1. The second-order valence-electron chi connectivity index (χ2n) is 10.1. The van der Waals surface area contributed by atoms with E-state index in [0.717, 1.165) is 26.4 Å². The van der Waals surface area contributed by atoms with Crippen LogP contribution in [0.15, 0.2) is 101 Å². The quantitative estimate of drug-likeness (QED) is 0.127. The molecule has 2 heterocycles. The summed E-state index contributed by atoms with van der Waals surface area (Å²) in [5.41, 5.74) is 4.59. The van der Waals surface area contributed by atoms with Crippen LogP contribution in [0.4, 0.5) is 10.8 Å². The fourth-order valence-electron chi connectivity index (χ4n) is 4.82. The number of fused-ring (bicyclic) bond motifs is 2. The van der Waals surface area contributed by atoms with E-state index in [0.29, 0.717) is 35.7 Å². The minimum atomic E-state index is -3.78. The van der Waals surface area contributed by atoms with Gasteiger partial charge in [0.15, 0.2) is 0 Å². The first-order valence-electron chi connectivity index (χ1n) is 13.4. The number of nitrogens with zero attached hydrogens (tertiary/aromatic N) is 5. The lowest BCUT2D eigenvalue weighted by atomic mass is 10.0. The van der Waals surface area contributed by atoms with Gasteiger partial charge in [-0.1, -0.05) is 41.7 Å². The zero-order chi connectivity index (χ0) is 30.1. The molecule has 0 fully saturated rings. The first kappa shape index (κ1) is 28.3. The minimum absolute atomic E-state index is 0.0598. The van der Waals surface area contributed by atoms with Crippen molar-refractivity contribution in [3.63, 3.8) is 0 Å². The maximum Gasteiger partial charge on any atom is 0.280 e. The Hall–Kier alpha value is -4.78. The number of nitro benzene ring substituents is 1. The minimum Gasteiger partial charge on any atom is -0.267 e. The summed E-state index contributed by atoms with van der Waals surface area (Å²) in [6.07, 6.45) is 2.06. The van der Waals surface area contributed by atoms with Crippen LogP contribution >= 0.6 is 11.3 Å². The van der Waals surface area contributed by atoms with Crippen molar-refractivity contribution in [2.45, 2.75) is 24.8 Å². The Morgan fingerprint density at radius 3 is 2.47 bits per heavy atom. The highest BCUT2D eigenvalue weighted by atomic mass is 32.2. The second-order valence-corrected chi connectivity index (χ2v) is 13.0. The molecule has 0 unspecified atom stereocenters. The van der Waals surface area contributed by atoms with Crippen LogP contribution in [0.3, 0.4) is 0 Å². The number of hydrogen-bond donors (Lipinski definition) is 0. The van der Waals surface area contributed by atoms with Crippen LogP contribution in [-0.2, 0) is 23.0 Å². The van der Waals surface area contributed by atoms with Gasteiger partial charge >= 0.3 is 0 Å². The van der Waals surface area contributed by atoms with E-state index in [1.54, 1.807) is 0 Å². The van der Waals surface area contributed by atoms with E-state index in [1.165, 1.54) is 70.4 Å². The van der Waals surface area contributed by atoms with Gasteiger partial charge in [-0.3, -0.25) is 14.9 Å². The lowest BCUT2D eigenvalue weighted by molar-refractivity contribution is -0.384. The van der Waals surface area contributed by atoms with E-state index in [2.05, 4.69) is 10.1 Å². The average molecular weight is 612 g/mol. The summed E-state index contributed by atoms with van der Waals surface area (Å²) in [6.45, 7) is 2.64. The molecule has 0 radical (unpaired) electrons. The van der Waals surface area contributed by atoms with Crippen molar-refractivity contribution in [3.8, 4) is 0 Å². The van der Waals surface area contributed by atoms with Gasteiger partial charge in [0.2, 0.25) is 15.2 Å². The van der Waals surface area contributed by atoms with Crippen molar-refractivity contribution in [3.05, 3.63) is 129 Å². The number of anilines is 1. The number of sulfonamides is 1. The summed E-state index contributed by atoms with van der Waals surface area (Å²) in [5, 5.41) is 16.9. The summed E-state index contributed by atoms with van der Waals surface area (Å²) in [5.74, 6) is -0.509. The van der Waals surface area contributed by atoms with Gasteiger partial charge < -0.3 is 0 Å². The predicted molar refractivity (Wildman–Crippen MR) is 166 cm³/mol. The Kier molecular flexibility index (Phi) is 7.57. The zero-order valence-corrected chi connectivity index (χ0v) is 24.6. The number of thiazole rings is 1. The van der Waals surface area contributed by atoms with Gasteiger partial charge in [-0.05, 0) is 84.1 Å². The SMILES string of the molecule is Cc1ccc2nc(N(/N=C/c3ccc([N+](=O)[O-])cc3)C(=O)c3ccc(S(=O)(=O)N4CCc5ccccc5C4)cc3)sc2c1. The normalized spacial score (nSPS) is 13.7. The molecule has 0 atom stereocenters. The van der Waals surface area contributed by atoms with Gasteiger partial charge in [0, 0.05) is 30.8 Å². The van der Waals surface area contributed by atoms with Crippen LogP contribution in [-0.4, -0.2) is 41.3 Å². The van der Waals surface area contributed by atoms with Gasteiger partial charge in [0.25, 0.3) is 11.6 Å². The molecule has 5 aromatic rings. The Morgan fingerprint density at radius 2 is 1.74 bits per heavy atom. The van der Waals surface area contributed by atoms with Crippen LogP contribution in [0.2, 0.25) is 0 Å². The summed E-state index contributed by atoms with van der Waals surface area (Å²) < 4.78 is 29.2. The van der Waals surface area contributed by atoms with E-state index >= 15 is 0 Å². The Labute approximate surface area is 251 Å². The average Bonchev–Trinajstić information content (AvgIpc) is 3.44. The topological polar surface area (TPSA) is 126 Å². The lowest BCUT2D eigenvalue weighted by Crippen LogP contribution is -2.36. The highest BCUT2D eigenvalue weighted by molar-refractivity contribution is 7.89. The third kappa shape index (κ3) is 5.80. The van der Waals surface area contributed by atoms with Crippen LogP contribution in [0.5, 0.6) is 0 Å². The molecule has 0 spiro atoms. The number of hydrogen-bond acceptors (Lipinski definition) is 8. The third-order valence-electron chi connectivity index (χ3n) is 7.17. The van der Waals surface area contributed by atoms with Crippen molar-refractivity contribution in [2.24, 2.45) is 5.10 Å². The number of non-ortho nitro benzene ring substituents is 1. The summed E-state index contributed by atoms with van der Waals surface area (Å²) >= 11 is 1.29. The molecule has 0 N–H and O–H groups in total. The van der Waals surface area contributed by atoms with Crippen molar-refractivity contribution >= 4 is 54.5 Å². The van der Waals surface area contributed by atoms with Gasteiger partial charge in [0.05, 0.1) is 26.3 Å². The van der Waals surface area contributed by atoms with E-state index < -0.39 is 20.9 Å². The molecule has 4 aromatic carbocycles. The molecule has 0 saturated heterocycles. The maximum absolute atomic E-state index is 13.8. The van der Waals surface area contributed by atoms with Gasteiger partial charge in [-0.2, -0.15) is 14.4 Å². The molecule has 12 heteroatoms. The Balaban J connectivity index is 1.29. The molecule has 43 heavy (non-hydrogen) atoms. The molecule has 0 bridgehead atoms. The van der Waals surface area contributed by atoms with Crippen molar-refractivity contribution < 1.29 is 18.1 Å². The summed E-state index contributed by atoms with van der Waals surface area (Å²) in [6, 6.07) is 25.2. The number of carbonyl (C=O) groups excluding carboxylic acids is 1. The monoisotopic (exact) mass is 611 g/mol. The van der Waals surface area contributed by atoms with Gasteiger partial charge in [-0.25, -0.2) is 13.4 Å². The van der Waals surface area contributed by atoms with Crippen molar-refractivity contribution in [2.75, 3.05) is 11.6 Å². The number of hydrazone groups is 1. The first-order chi connectivity index (χ1) is 20.7. The van der Waals surface area contributed by atoms with Gasteiger partial charge in [-0.15, -0.1) is 0 Å². The molecule has 1 aliphatic rings. The van der Waals surface area contributed by atoms with E-state index in [4.69, 9.17) is 0 Å². The molecular weight excluding hydrogens is 587 g/mol. The second kappa shape index (κ2) is 11.5. The molecule has 0 saturated carbocycles. The van der Waals surface area contributed by atoms with Gasteiger partial charge in [0.1, 0.15) is 0 Å². The number of aryl methyl sites for hydroxylation is 1. The summed E-state index contributed by atoms with van der Waals surface area (Å²) in [7, 11) is -3.78. The number of amides is 1. The Bertz CT molecular complexity index is 1990. The molecule has 216 valence electrons. The molecule has 1 amide bonds. The first-order valence-corrected chi connectivity index (χ1v) is 15.6. The Morgan fingerprint density at radius 1 is 1.02 bits per heavy atom. The molecule has 1 aromatic heterocycles. The maximum atomic E-state index is 13.8. The fourth-order valence-corrected chi connectivity index (χ4v) is 7.26. The highest BCUT2D eigenvalue weighted by Gasteiger charge is 2.29. The molecular formula is C31H25N5O5S2. The fraction of sp³-hybridized carbons (Fsp3) is 0.129. The molecule has 10 nitrogen and oxygen atoms in total. The van der Waals surface area contributed by atoms with E-state index in [-0.39, 0.29) is 16.1 Å². The van der Waals surface area contributed by atoms with Crippen LogP contribution < -0.4 is 5.01 Å². The number of benzene rings is 4. The highest BCUT2D eigenvalue weighted by Crippen LogP contribution is 2.31. The zero-order valence-electron chi connectivity index (χ0n) is 23.0. The van der Waals surface area contributed by atoms with Crippen LogP contribution in [0.1, 0.15) is 32.6 Å². The standard InChI is InChI=1S/C31H25N5O5S2/c1-21-6-15-28-29(18-21)42-31(33-28)35(32-19-22-7-11-26(12-8-22)36(38)39)30(37)24-9-13-27(14-10-24)43(40,41)34-17-16-23-4-2-3-5-25(23)20-34/h2-15,18-19H,16-17,20H2,1H3/b32-19+. The smallest absolute Gasteiger partial charge is 0.267 e.